The van der Waals surface area contributed by atoms with Crippen molar-refractivity contribution in [1.82, 2.24) is 14.9 Å². The SMILES string of the molecule is NC(=O)[C@@H]1[C@H](Nc2nc(Nc3cccc(C(=O)N4CCCC4)c3)nc3ccccc23)[C@H]2C=C[C@@H]1C2. The average molecular weight is 469 g/mol. The third-order valence-corrected chi connectivity index (χ3v) is 7.45. The van der Waals surface area contributed by atoms with E-state index in [2.05, 4.69) is 22.8 Å². The summed E-state index contributed by atoms with van der Waals surface area (Å²) in [6.45, 7) is 1.62. The first-order valence-corrected chi connectivity index (χ1v) is 12.2. The van der Waals surface area contributed by atoms with Crippen molar-refractivity contribution in [3.8, 4) is 0 Å². The van der Waals surface area contributed by atoms with Crippen LogP contribution in [0.4, 0.5) is 17.5 Å². The molecule has 0 unspecified atom stereocenters. The number of nitrogens with zero attached hydrogens (tertiary/aromatic N) is 3. The van der Waals surface area contributed by atoms with Crippen LogP contribution in [0.1, 0.15) is 29.6 Å². The van der Waals surface area contributed by atoms with Gasteiger partial charge in [-0.3, -0.25) is 9.59 Å². The van der Waals surface area contributed by atoms with Crippen LogP contribution < -0.4 is 16.4 Å². The van der Waals surface area contributed by atoms with Crippen LogP contribution in [0.15, 0.2) is 60.7 Å². The van der Waals surface area contributed by atoms with Gasteiger partial charge >= 0.3 is 0 Å². The molecule has 1 saturated heterocycles. The molecule has 4 N–H and O–H groups in total. The average Bonchev–Trinajstić information content (AvgIpc) is 3.62. The number of anilines is 3. The number of likely N-dealkylation sites (tertiary alicyclic amines) is 1. The molecule has 2 heterocycles. The first-order valence-electron chi connectivity index (χ1n) is 12.2. The van der Waals surface area contributed by atoms with Gasteiger partial charge in [-0.15, -0.1) is 0 Å². The van der Waals surface area contributed by atoms with Crippen molar-refractivity contribution in [3.05, 3.63) is 66.2 Å². The van der Waals surface area contributed by atoms with Crippen LogP contribution in [-0.2, 0) is 4.79 Å². The standard InChI is InChI=1S/C27H28N6O2/c28-24(34)22-16-10-11-17(14-16)23(22)31-25-20-8-1-2-9-21(20)30-27(32-25)29-19-7-5-6-18(15-19)26(35)33-12-3-4-13-33/h1-2,5-11,15-17,22-23H,3-4,12-14H2,(H2,28,34)(H2,29,30,31,32)/t16-,17+,22+,23-/m1/s1. The van der Waals surface area contributed by atoms with E-state index < -0.39 is 0 Å². The van der Waals surface area contributed by atoms with E-state index in [-0.39, 0.29) is 35.6 Å². The van der Waals surface area contributed by atoms with E-state index in [0.29, 0.717) is 17.3 Å². The van der Waals surface area contributed by atoms with E-state index in [1.165, 1.54) is 0 Å². The van der Waals surface area contributed by atoms with Crippen LogP contribution in [0.25, 0.3) is 10.9 Å². The molecular formula is C27H28N6O2. The Morgan fingerprint density at radius 2 is 1.77 bits per heavy atom. The summed E-state index contributed by atoms with van der Waals surface area (Å²) in [5, 5.41) is 7.69. The van der Waals surface area contributed by atoms with E-state index in [9.17, 15) is 9.59 Å². The molecule has 6 rings (SSSR count). The van der Waals surface area contributed by atoms with Crippen LogP contribution in [-0.4, -0.2) is 45.8 Å². The Morgan fingerprint density at radius 1 is 0.971 bits per heavy atom. The number of fused-ring (bicyclic) bond motifs is 3. The molecule has 1 saturated carbocycles. The molecule has 178 valence electrons. The van der Waals surface area contributed by atoms with Gasteiger partial charge in [-0.2, -0.15) is 4.98 Å². The molecule has 2 amide bonds. The molecule has 2 fully saturated rings. The fourth-order valence-electron chi connectivity index (χ4n) is 5.77. The van der Waals surface area contributed by atoms with Crippen molar-refractivity contribution in [1.29, 1.82) is 0 Å². The Kier molecular flexibility index (Phi) is 5.36. The maximum atomic E-state index is 12.8. The lowest BCUT2D eigenvalue weighted by molar-refractivity contribution is -0.122. The van der Waals surface area contributed by atoms with Gasteiger partial charge < -0.3 is 21.3 Å². The van der Waals surface area contributed by atoms with E-state index in [4.69, 9.17) is 15.7 Å². The van der Waals surface area contributed by atoms with E-state index >= 15 is 0 Å². The van der Waals surface area contributed by atoms with Crippen LogP contribution in [0.5, 0.6) is 0 Å². The zero-order valence-electron chi connectivity index (χ0n) is 19.4. The minimum atomic E-state index is -0.282. The minimum Gasteiger partial charge on any atom is -0.369 e. The fraction of sp³-hybridized carbons (Fsp3) is 0.333. The van der Waals surface area contributed by atoms with Crippen molar-refractivity contribution in [2.75, 3.05) is 23.7 Å². The van der Waals surface area contributed by atoms with Crippen LogP contribution >= 0.6 is 0 Å². The number of nitrogens with one attached hydrogen (secondary N) is 2. The van der Waals surface area contributed by atoms with Gasteiger partial charge in [-0.1, -0.05) is 30.4 Å². The number of amides is 2. The van der Waals surface area contributed by atoms with E-state index in [0.717, 1.165) is 48.9 Å². The third kappa shape index (κ3) is 3.99. The topological polar surface area (TPSA) is 113 Å². The molecule has 1 aliphatic heterocycles. The number of para-hydroxylation sites is 1. The summed E-state index contributed by atoms with van der Waals surface area (Å²) in [6, 6.07) is 15.1. The lowest BCUT2D eigenvalue weighted by atomic mass is 9.88. The number of rotatable bonds is 6. The van der Waals surface area contributed by atoms with Gasteiger partial charge in [0, 0.05) is 35.8 Å². The maximum Gasteiger partial charge on any atom is 0.253 e. The highest BCUT2D eigenvalue weighted by Crippen LogP contribution is 2.45. The minimum absolute atomic E-state index is 0.0507. The monoisotopic (exact) mass is 468 g/mol. The molecule has 3 aliphatic rings. The summed E-state index contributed by atoms with van der Waals surface area (Å²) in [7, 11) is 0. The molecule has 8 nitrogen and oxygen atoms in total. The van der Waals surface area contributed by atoms with Gasteiger partial charge in [0.1, 0.15) is 5.82 Å². The van der Waals surface area contributed by atoms with Gasteiger partial charge in [-0.05, 0) is 61.4 Å². The zero-order valence-corrected chi connectivity index (χ0v) is 19.4. The molecule has 0 spiro atoms. The Hall–Kier alpha value is -3.94. The van der Waals surface area contributed by atoms with Crippen LogP contribution in [0.3, 0.4) is 0 Å². The maximum absolute atomic E-state index is 12.8. The highest BCUT2D eigenvalue weighted by Gasteiger charge is 2.47. The quantitative estimate of drug-likeness (QED) is 0.476. The molecule has 3 aromatic rings. The number of allylic oxidation sites excluding steroid dienone is 1. The number of hydrogen-bond donors (Lipinski definition) is 3. The lowest BCUT2D eigenvalue weighted by Crippen LogP contribution is -2.41. The number of carbonyl (C=O) groups is 2. The summed E-state index contributed by atoms with van der Waals surface area (Å²) >= 11 is 0. The second kappa shape index (κ2) is 8.69. The largest absolute Gasteiger partial charge is 0.369 e. The van der Waals surface area contributed by atoms with Crippen molar-refractivity contribution in [2.24, 2.45) is 23.5 Å². The molecule has 4 atom stereocenters. The molecule has 2 aromatic carbocycles. The molecule has 35 heavy (non-hydrogen) atoms. The summed E-state index contributed by atoms with van der Waals surface area (Å²) < 4.78 is 0. The number of primary amides is 1. The molecule has 2 aliphatic carbocycles. The fourth-order valence-corrected chi connectivity index (χ4v) is 5.77. The highest BCUT2D eigenvalue weighted by molar-refractivity contribution is 5.95. The smallest absolute Gasteiger partial charge is 0.253 e. The van der Waals surface area contributed by atoms with E-state index in [1.54, 1.807) is 0 Å². The summed E-state index contributed by atoms with van der Waals surface area (Å²) in [6.07, 6.45) is 7.32. The van der Waals surface area contributed by atoms with Gasteiger partial charge in [0.2, 0.25) is 11.9 Å². The number of carbonyl (C=O) groups excluding carboxylic acids is 2. The zero-order chi connectivity index (χ0) is 23.9. The number of hydrogen-bond acceptors (Lipinski definition) is 6. The van der Waals surface area contributed by atoms with Crippen LogP contribution in [0.2, 0.25) is 0 Å². The normalized spacial score (nSPS) is 24.7. The first-order chi connectivity index (χ1) is 17.1. The Bertz CT molecular complexity index is 1330. The summed E-state index contributed by atoms with van der Waals surface area (Å²) in [4.78, 5) is 36.4. The van der Waals surface area contributed by atoms with Gasteiger partial charge in [0.05, 0.1) is 11.4 Å². The Morgan fingerprint density at radius 3 is 2.60 bits per heavy atom. The number of aromatic nitrogens is 2. The highest BCUT2D eigenvalue weighted by atomic mass is 16.2. The Balaban J connectivity index is 1.30. The molecule has 1 aromatic heterocycles. The van der Waals surface area contributed by atoms with E-state index in [1.807, 2.05) is 53.4 Å². The predicted molar refractivity (Wildman–Crippen MR) is 135 cm³/mol. The molecule has 8 heteroatoms. The second-order valence-electron chi connectivity index (χ2n) is 9.66. The second-order valence-corrected chi connectivity index (χ2v) is 9.66. The van der Waals surface area contributed by atoms with Crippen molar-refractivity contribution in [2.45, 2.75) is 25.3 Å². The summed E-state index contributed by atoms with van der Waals surface area (Å²) in [5.41, 5.74) is 7.94. The number of benzene rings is 2. The molecule has 0 radical (unpaired) electrons. The number of nitrogens with two attached hydrogens (primary N) is 1. The predicted octanol–water partition coefficient (Wildman–Crippen LogP) is 3.70. The molecule has 2 bridgehead atoms. The lowest BCUT2D eigenvalue weighted by Gasteiger charge is -2.27. The van der Waals surface area contributed by atoms with Crippen molar-refractivity contribution < 1.29 is 9.59 Å². The van der Waals surface area contributed by atoms with Crippen molar-refractivity contribution >= 4 is 40.2 Å². The Labute approximate surface area is 203 Å². The van der Waals surface area contributed by atoms with Crippen molar-refractivity contribution in [3.63, 3.8) is 0 Å². The van der Waals surface area contributed by atoms with Gasteiger partial charge in [0.25, 0.3) is 5.91 Å². The van der Waals surface area contributed by atoms with Gasteiger partial charge in [-0.25, -0.2) is 4.98 Å². The summed E-state index contributed by atoms with van der Waals surface area (Å²) in [5.74, 6) is 1.02. The molecular weight excluding hydrogens is 440 g/mol. The first kappa shape index (κ1) is 21.6. The van der Waals surface area contributed by atoms with Crippen LogP contribution in [0, 0.1) is 17.8 Å². The van der Waals surface area contributed by atoms with Gasteiger partial charge in [0.15, 0.2) is 0 Å². The third-order valence-electron chi connectivity index (χ3n) is 7.45.